The number of carbonyl (C=O) groups excluding carboxylic acids is 1. The molecule has 0 spiro atoms. The van der Waals surface area contributed by atoms with Gasteiger partial charge >= 0.3 is 0 Å². The summed E-state index contributed by atoms with van der Waals surface area (Å²) < 4.78 is 0. The second kappa shape index (κ2) is 5.60. The first-order valence-corrected chi connectivity index (χ1v) is 7.77. The first-order valence-electron chi connectivity index (χ1n) is 7.39. The lowest BCUT2D eigenvalue weighted by molar-refractivity contribution is 0.0390. The number of likely N-dealkylation sites (tertiary alicyclic amines) is 1. The van der Waals surface area contributed by atoms with E-state index in [1.54, 1.807) is 12.1 Å². The molecule has 5 heteroatoms. The Labute approximate surface area is 124 Å². The van der Waals surface area contributed by atoms with Crippen LogP contribution in [-0.2, 0) is 0 Å². The van der Waals surface area contributed by atoms with Crippen LogP contribution in [-0.4, -0.2) is 28.4 Å². The molecule has 1 aromatic heterocycles. The van der Waals surface area contributed by atoms with Gasteiger partial charge in [-0.3, -0.25) is 4.79 Å². The molecule has 2 unspecified atom stereocenters. The van der Waals surface area contributed by atoms with Gasteiger partial charge in [0.2, 0.25) is 0 Å². The van der Waals surface area contributed by atoms with E-state index >= 15 is 0 Å². The minimum atomic E-state index is 0.0533. The van der Waals surface area contributed by atoms with Gasteiger partial charge in [0.25, 0.3) is 5.91 Å². The molecule has 0 aromatic carbocycles. The van der Waals surface area contributed by atoms with Crippen molar-refractivity contribution in [3.8, 4) is 0 Å². The van der Waals surface area contributed by atoms with Gasteiger partial charge in [0.05, 0.1) is 0 Å². The number of carbonyl (C=O) groups is 1. The quantitative estimate of drug-likeness (QED) is 0.809. The Morgan fingerprint density at radius 1 is 1.25 bits per heavy atom. The average molecular weight is 294 g/mol. The molecule has 3 rings (SSSR count). The predicted molar refractivity (Wildman–Crippen MR) is 79.7 cm³/mol. The molecule has 2 heterocycles. The molecule has 0 bridgehead atoms. The molecule has 1 aromatic rings. The fourth-order valence-corrected chi connectivity index (χ4v) is 3.90. The molecule has 20 heavy (non-hydrogen) atoms. The second-order valence-corrected chi connectivity index (χ2v) is 6.24. The normalized spacial score (nSPS) is 26.1. The first kappa shape index (κ1) is 13.7. The lowest BCUT2D eigenvalue weighted by Gasteiger charge is -2.44. The molecule has 1 aliphatic heterocycles. The van der Waals surface area contributed by atoms with Crippen molar-refractivity contribution in [1.82, 2.24) is 9.88 Å². The van der Waals surface area contributed by atoms with E-state index in [1.165, 1.54) is 25.7 Å². The Hall–Kier alpha value is -1.29. The highest BCUT2D eigenvalue weighted by Gasteiger charge is 2.36. The molecule has 1 amide bonds. The van der Waals surface area contributed by atoms with Crippen molar-refractivity contribution in [2.24, 2.45) is 5.92 Å². The van der Waals surface area contributed by atoms with Crippen molar-refractivity contribution < 1.29 is 4.79 Å². The molecule has 2 N–H and O–H groups in total. The Morgan fingerprint density at radius 2 is 2.00 bits per heavy atom. The number of aromatic nitrogens is 1. The van der Waals surface area contributed by atoms with Crippen LogP contribution in [0.3, 0.4) is 0 Å². The van der Waals surface area contributed by atoms with E-state index in [1.807, 2.05) is 4.90 Å². The summed E-state index contributed by atoms with van der Waals surface area (Å²) in [5.74, 6) is 1.03. The van der Waals surface area contributed by atoms with E-state index < -0.39 is 0 Å². The van der Waals surface area contributed by atoms with Crippen LogP contribution in [0, 0.1) is 5.92 Å². The summed E-state index contributed by atoms with van der Waals surface area (Å²) in [6, 6.07) is 3.64. The summed E-state index contributed by atoms with van der Waals surface area (Å²) in [5.41, 5.74) is 6.26. The van der Waals surface area contributed by atoms with Gasteiger partial charge in [-0.05, 0) is 43.7 Å². The summed E-state index contributed by atoms with van der Waals surface area (Å²) in [6.07, 6.45) is 7.27. The molecule has 2 atom stereocenters. The highest BCUT2D eigenvalue weighted by molar-refractivity contribution is 6.29. The number of rotatable bonds is 1. The van der Waals surface area contributed by atoms with Gasteiger partial charge in [0.1, 0.15) is 11.0 Å². The van der Waals surface area contributed by atoms with Gasteiger partial charge in [0, 0.05) is 18.2 Å². The molecule has 4 nitrogen and oxygen atoms in total. The van der Waals surface area contributed by atoms with E-state index in [2.05, 4.69) is 4.98 Å². The van der Waals surface area contributed by atoms with Crippen molar-refractivity contribution in [2.75, 3.05) is 12.3 Å². The van der Waals surface area contributed by atoms with E-state index in [-0.39, 0.29) is 11.1 Å². The van der Waals surface area contributed by atoms with Crippen LogP contribution < -0.4 is 5.73 Å². The highest BCUT2D eigenvalue weighted by Crippen LogP contribution is 2.36. The Bertz CT molecular complexity index is 498. The molecular weight excluding hydrogens is 274 g/mol. The van der Waals surface area contributed by atoms with E-state index in [0.29, 0.717) is 23.3 Å². The van der Waals surface area contributed by atoms with Crippen molar-refractivity contribution in [3.05, 3.63) is 22.8 Å². The smallest absolute Gasteiger partial charge is 0.254 e. The SMILES string of the molecule is Nc1cc(C(=O)N2CCCC3CCCCC32)cc(Cl)n1. The zero-order valence-electron chi connectivity index (χ0n) is 11.5. The molecule has 1 aliphatic carbocycles. The van der Waals surface area contributed by atoms with Crippen LogP contribution in [0.4, 0.5) is 5.82 Å². The van der Waals surface area contributed by atoms with Crippen LogP contribution >= 0.6 is 11.6 Å². The minimum absolute atomic E-state index is 0.0533. The summed E-state index contributed by atoms with van der Waals surface area (Å²) >= 11 is 5.91. The number of anilines is 1. The number of fused-ring (bicyclic) bond motifs is 1. The lowest BCUT2D eigenvalue weighted by Crippen LogP contribution is -2.49. The number of nitrogens with two attached hydrogens (primary N) is 1. The molecule has 1 saturated heterocycles. The van der Waals surface area contributed by atoms with Crippen LogP contribution in [0.1, 0.15) is 48.9 Å². The predicted octanol–water partition coefficient (Wildman–Crippen LogP) is 3.11. The maximum Gasteiger partial charge on any atom is 0.254 e. The Balaban J connectivity index is 1.84. The summed E-state index contributed by atoms with van der Waals surface area (Å²) in [4.78, 5) is 18.7. The van der Waals surface area contributed by atoms with Gasteiger partial charge in [-0.2, -0.15) is 0 Å². The second-order valence-electron chi connectivity index (χ2n) is 5.86. The van der Waals surface area contributed by atoms with E-state index in [4.69, 9.17) is 17.3 Å². The largest absolute Gasteiger partial charge is 0.384 e. The zero-order chi connectivity index (χ0) is 14.1. The third-order valence-electron chi connectivity index (χ3n) is 4.56. The number of hydrogen-bond acceptors (Lipinski definition) is 3. The van der Waals surface area contributed by atoms with Crippen molar-refractivity contribution in [1.29, 1.82) is 0 Å². The maximum absolute atomic E-state index is 12.7. The number of pyridine rings is 1. The molecule has 108 valence electrons. The van der Waals surface area contributed by atoms with Gasteiger partial charge < -0.3 is 10.6 Å². The Kier molecular flexibility index (Phi) is 3.83. The number of nitrogen functional groups attached to an aromatic ring is 1. The highest BCUT2D eigenvalue weighted by atomic mass is 35.5. The maximum atomic E-state index is 12.7. The van der Waals surface area contributed by atoms with Crippen molar-refractivity contribution in [2.45, 2.75) is 44.6 Å². The van der Waals surface area contributed by atoms with Crippen molar-refractivity contribution >= 4 is 23.3 Å². The van der Waals surface area contributed by atoms with Crippen molar-refractivity contribution in [3.63, 3.8) is 0 Å². The monoisotopic (exact) mass is 293 g/mol. The van der Waals surface area contributed by atoms with Crippen LogP contribution in [0.15, 0.2) is 12.1 Å². The van der Waals surface area contributed by atoms with Crippen LogP contribution in [0.2, 0.25) is 5.15 Å². The third-order valence-corrected chi connectivity index (χ3v) is 4.76. The Morgan fingerprint density at radius 3 is 2.80 bits per heavy atom. The van der Waals surface area contributed by atoms with E-state index in [9.17, 15) is 4.79 Å². The molecular formula is C15H20ClN3O. The third kappa shape index (κ3) is 2.62. The minimum Gasteiger partial charge on any atom is -0.384 e. The summed E-state index contributed by atoms with van der Waals surface area (Å²) in [7, 11) is 0. The molecule has 2 fully saturated rings. The topological polar surface area (TPSA) is 59.2 Å². The van der Waals surface area contributed by atoms with E-state index in [0.717, 1.165) is 19.4 Å². The number of nitrogens with zero attached hydrogens (tertiary/aromatic N) is 2. The number of piperidine rings is 1. The number of amides is 1. The standard InChI is InChI=1S/C15H20ClN3O/c16-13-8-11(9-14(17)18-13)15(20)19-7-3-5-10-4-1-2-6-12(10)19/h8-10,12H,1-7H2,(H2,17,18). The number of halogens is 1. The fraction of sp³-hybridized carbons (Fsp3) is 0.600. The summed E-state index contributed by atoms with van der Waals surface area (Å²) in [6.45, 7) is 0.847. The van der Waals surface area contributed by atoms with Gasteiger partial charge in [-0.15, -0.1) is 0 Å². The lowest BCUT2D eigenvalue weighted by atomic mass is 9.78. The van der Waals surface area contributed by atoms with Gasteiger partial charge in [-0.25, -0.2) is 4.98 Å². The molecule has 1 saturated carbocycles. The van der Waals surface area contributed by atoms with Crippen LogP contribution in [0.5, 0.6) is 0 Å². The fourth-order valence-electron chi connectivity index (χ4n) is 3.68. The zero-order valence-corrected chi connectivity index (χ0v) is 12.3. The van der Waals surface area contributed by atoms with Gasteiger partial charge in [-0.1, -0.05) is 24.4 Å². The summed E-state index contributed by atoms with van der Waals surface area (Å²) in [5, 5.41) is 0.283. The average Bonchev–Trinajstić information content (AvgIpc) is 2.45. The first-order chi connectivity index (χ1) is 9.65. The van der Waals surface area contributed by atoms with Crippen LogP contribution in [0.25, 0.3) is 0 Å². The molecule has 0 radical (unpaired) electrons. The molecule has 2 aliphatic rings. The van der Waals surface area contributed by atoms with Gasteiger partial charge in [0.15, 0.2) is 0 Å². The number of hydrogen-bond donors (Lipinski definition) is 1.